The standard InChI is InChI=1S/C13H15ClN4O/c1-3-11-16-12(18-17-11)13(19)15-8(2)9-4-6-10(14)7-5-9/h4-8H,3H2,1-2H3,(H,15,19)(H,16,17,18). The Hall–Kier alpha value is -1.88. The molecule has 1 atom stereocenters. The lowest BCUT2D eigenvalue weighted by atomic mass is 10.1. The van der Waals surface area contributed by atoms with Gasteiger partial charge in [-0.25, -0.2) is 4.98 Å². The van der Waals surface area contributed by atoms with Gasteiger partial charge in [-0.05, 0) is 24.6 Å². The average molecular weight is 279 g/mol. The van der Waals surface area contributed by atoms with Crippen molar-refractivity contribution in [2.75, 3.05) is 0 Å². The number of rotatable bonds is 4. The minimum atomic E-state index is -0.293. The summed E-state index contributed by atoms with van der Waals surface area (Å²) in [5.41, 5.74) is 0.976. The predicted octanol–water partition coefficient (Wildman–Crippen LogP) is 2.51. The zero-order chi connectivity index (χ0) is 13.8. The first-order valence-electron chi connectivity index (χ1n) is 6.07. The summed E-state index contributed by atoms with van der Waals surface area (Å²) in [7, 11) is 0. The molecule has 1 unspecified atom stereocenters. The van der Waals surface area contributed by atoms with E-state index >= 15 is 0 Å². The molecule has 0 radical (unpaired) electrons. The molecule has 100 valence electrons. The van der Waals surface area contributed by atoms with Crippen molar-refractivity contribution in [3.63, 3.8) is 0 Å². The lowest BCUT2D eigenvalue weighted by Crippen LogP contribution is -2.27. The summed E-state index contributed by atoms with van der Waals surface area (Å²) < 4.78 is 0. The molecular weight excluding hydrogens is 264 g/mol. The van der Waals surface area contributed by atoms with Gasteiger partial charge in [0.25, 0.3) is 5.91 Å². The Labute approximate surface area is 116 Å². The van der Waals surface area contributed by atoms with E-state index in [1.165, 1.54) is 0 Å². The predicted molar refractivity (Wildman–Crippen MR) is 73.1 cm³/mol. The first-order valence-corrected chi connectivity index (χ1v) is 6.45. The second-order valence-corrected chi connectivity index (χ2v) is 4.64. The molecule has 19 heavy (non-hydrogen) atoms. The van der Waals surface area contributed by atoms with E-state index in [0.717, 1.165) is 5.56 Å². The van der Waals surface area contributed by atoms with Crippen molar-refractivity contribution >= 4 is 17.5 Å². The smallest absolute Gasteiger partial charge is 0.291 e. The number of halogens is 1. The van der Waals surface area contributed by atoms with Gasteiger partial charge in [0.1, 0.15) is 5.82 Å². The zero-order valence-electron chi connectivity index (χ0n) is 10.8. The number of aromatic amines is 1. The van der Waals surface area contributed by atoms with E-state index in [4.69, 9.17) is 11.6 Å². The first-order chi connectivity index (χ1) is 9.10. The van der Waals surface area contributed by atoms with Crippen LogP contribution >= 0.6 is 11.6 Å². The van der Waals surface area contributed by atoms with Crippen molar-refractivity contribution in [2.24, 2.45) is 0 Å². The second kappa shape index (κ2) is 5.84. The van der Waals surface area contributed by atoms with Crippen molar-refractivity contribution < 1.29 is 4.79 Å². The van der Waals surface area contributed by atoms with E-state index in [9.17, 15) is 4.79 Å². The van der Waals surface area contributed by atoms with Crippen LogP contribution in [0, 0.1) is 0 Å². The van der Waals surface area contributed by atoms with Crippen molar-refractivity contribution in [1.29, 1.82) is 0 Å². The summed E-state index contributed by atoms with van der Waals surface area (Å²) in [5, 5.41) is 10.1. The maximum atomic E-state index is 11.9. The van der Waals surface area contributed by atoms with Crippen LogP contribution in [0.1, 0.15) is 41.9 Å². The molecule has 1 aromatic heterocycles. The third kappa shape index (κ3) is 3.32. The minimum absolute atomic E-state index is 0.131. The van der Waals surface area contributed by atoms with Gasteiger partial charge in [0.05, 0.1) is 6.04 Å². The van der Waals surface area contributed by atoms with E-state index in [1.54, 1.807) is 12.1 Å². The van der Waals surface area contributed by atoms with Crippen LogP contribution in [0.5, 0.6) is 0 Å². The molecule has 2 N–H and O–H groups in total. The van der Waals surface area contributed by atoms with Gasteiger partial charge >= 0.3 is 0 Å². The second-order valence-electron chi connectivity index (χ2n) is 4.21. The lowest BCUT2D eigenvalue weighted by molar-refractivity contribution is 0.0929. The number of nitrogens with zero attached hydrogens (tertiary/aromatic N) is 2. The molecule has 5 nitrogen and oxygen atoms in total. The number of H-pyrrole nitrogens is 1. The van der Waals surface area contributed by atoms with Gasteiger partial charge in [0.2, 0.25) is 5.82 Å². The highest BCUT2D eigenvalue weighted by Gasteiger charge is 2.15. The number of hydrogen-bond acceptors (Lipinski definition) is 3. The van der Waals surface area contributed by atoms with E-state index < -0.39 is 0 Å². The fourth-order valence-corrected chi connectivity index (χ4v) is 1.78. The van der Waals surface area contributed by atoms with Crippen molar-refractivity contribution in [1.82, 2.24) is 20.5 Å². The molecule has 1 heterocycles. The molecule has 0 saturated carbocycles. The number of carbonyl (C=O) groups excluding carboxylic acids is 1. The first kappa shape index (κ1) is 13.5. The molecule has 0 aliphatic rings. The summed E-state index contributed by atoms with van der Waals surface area (Å²) in [5.74, 6) is 0.570. The summed E-state index contributed by atoms with van der Waals surface area (Å²) >= 11 is 5.83. The Morgan fingerprint density at radius 2 is 2.11 bits per heavy atom. The Morgan fingerprint density at radius 3 is 2.68 bits per heavy atom. The molecule has 0 saturated heterocycles. The van der Waals surface area contributed by atoms with Crippen LogP contribution in [-0.2, 0) is 6.42 Å². The normalized spacial score (nSPS) is 12.2. The molecule has 0 aliphatic carbocycles. The Balaban J connectivity index is 2.04. The zero-order valence-corrected chi connectivity index (χ0v) is 11.5. The summed E-state index contributed by atoms with van der Waals surface area (Å²) in [6.45, 7) is 3.84. The van der Waals surface area contributed by atoms with E-state index in [0.29, 0.717) is 17.3 Å². The van der Waals surface area contributed by atoms with Gasteiger partial charge in [-0.1, -0.05) is 30.7 Å². The maximum Gasteiger partial charge on any atom is 0.291 e. The number of amides is 1. The van der Waals surface area contributed by atoms with Crippen LogP contribution in [0.4, 0.5) is 0 Å². The third-order valence-electron chi connectivity index (χ3n) is 2.79. The van der Waals surface area contributed by atoms with Crippen LogP contribution in [0.2, 0.25) is 5.02 Å². The number of aryl methyl sites for hydroxylation is 1. The number of carbonyl (C=O) groups is 1. The summed E-state index contributed by atoms with van der Waals surface area (Å²) in [4.78, 5) is 16.0. The monoisotopic (exact) mass is 278 g/mol. The quantitative estimate of drug-likeness (QED) is 0.903. The molecule has 0 bridgehead atoms. The van der Waals surface area contributed by atoms with Gasteiger partial charge in [0.15, 0.2) is 0 Å². The molecule has 1 aromatic carbocycles. The molecule has 2 aromatic rings. The molecule has 2 rings (SSSR count). The number of aromatic nitrogens is 3. The van der Waals surface area contributed by atoms with Gasteiger partial charge in [-0.15, -0.1) is 5.10 Å². The Kier molecular flexibility index (Phi) is 4.16. The molecule has 1 amide bonds. The third-order valence-corrected chi connectivity index (χ3v) is 3.04. The molecule has 0 spiro atoms. The molecule has 0 aliphatic heterocycles. The van der Waals surface area contributed by atoms with Crippen LogP contribution < -0.4 is 5.32 Å². The number of benzene rings is 1. The van der Waals surface area contributed by atoms with Crippen LogP contribution in [0.25, 0.3) is 0 Å². The maximum absolute atomic E-state index is 11.9. The molecule has 6 heteroatoms. The van der Waals surface area contributed by atoms with E-state index in [-0.39, 0.29) is 17.8 Å². The SMILES string of the molecule is CCc1nc(C(=O)NC(C)c2ccc(Cl)cc2)n[nH]1. The van der Waals surface area contributed by atoms with Crippen molar-refractivity contribution in [2.45, 2.75) is 26.3 Å². The summed E-state index contributed by atoms with van der Waals surface area (Å²) in [6.07, 6.45) is 0.715. The average Bonchev–Trinajstić information content (AvgIpc) is 2.88. The van der Waals surface area contributed by atoms with Gasteiger partial charge in [-0.3, -0.25) is 9.89 Å². The van der Waals surface area contributed by atoms with Crippen LogP contribution in [-0.4, -0.2) is 21.1 Å². The fraction of sp³-hybridized carbons (Fsp3) is 0.308. The van der Waals surface area contributed by atoms with Crippen LogP contribution in [0.15, 0.2) is 24.3 Å². The van der Waals surface area contributed by atoms with Gasteiger partial charge < -0.3 is 5.32 Å². The van der Waals surface area contributed by atoms with E-state index in [1.807, 2.05) is 26.0 Å². The Bertz CT molecular complexity index is 564. The number of hydrogen-bond donors (Lipinski definition) is 2. The highest BCUT2D eigenvalue weighted by Crippen LogP contribution is 2.16. The highest BCUT2D eigenvalue weighted by molar-refractivity contribution is 6.30. The Morgan fingerprint density at radius 1 is 1.42 bits per heavy atom. The lowest BCUT2D eigenvalue weighted by Gasteiger charge is -2.12. The van der Waals surface area contributed by atoms with Crippen molar-refractivity contribution in [3.05, 3.63) is 46.5 Å². The van der Waals surface area contributed by atoms with Crippen molar-refractivity contribution in [3.8, 4) is 0 Å². The highest BCUT2D eigenvalue weighted by atomic mass is 35.5. The van der Waals surface area contributed by atoms with Crippen LogP contribution in [0.3, 0.4) is 0 Å². The largest absolute Gasteiger partial charge is 0.343 e. The molecule has 0 fully saturated rings. The van der Waals surface area contributed by atoms with Gasteiger partial charge in [0, 0.05) is 11.4 Å². The topological polar surface area (TPSA) is 70.7 Å². The van der Waals surface area contributed by atoms with E-state index in [2.05, 4.69) is 20.5 Å². The van der Waals surface area contributed by atoms with Gasteiger partial charge in [-0.2, -0.15) is 0 Å². The molecular formula is C13H15ClN4O. The number of nitrogens with one attached hydrogen (secondary N) is 2. The summed E-state index contributed by atoms with van der Waals surface area (Å²) in [6, 6.07) is 7.21. The minimum Gasteiger partial charge on any atom is -0.343 e. The fourth-order valence-electron chi connectivity index (χ4n) is 1.65.